The van der Waals surface area contributed by atoms with E-state index in [1.165, 1.54) is 32.5 Å². The number of benzene rings is 1. The van der Waals surface area contributed by atoms with Gasteiger partial charge in [0.25, 0.3) is 5.91 Å². The Kier molecular flexibility index (Phi) is 6.42. The van der Waals surface area contributed by atoms with Crippen LogP contribution in [0.15, 0.2) is 52.6 Å². The van der Waals surface area contributed by atoms with Crippen LogP contribution in [0, 0.1) is 6.92 Å². The lowest BCUT2D eigenvalue weighted by atomic mass is 10.2. The van der Waals surface area contributed by atoms with Gasteiger partial charge >= 0.3 is 0 Å². The van der Waals surface area contributed by atoms with Gasteiger partial charge in [-0.05, 0) is 42.8 Å². The molecule has 2 rings (SSSR count). The first-order chi connectivity index (χ1) is 12.3. The molecular formula is C17H20N4O4S. The Balaban J connectivity index is 2.01. The Morgan fingerprint density at radius 1 is 1.35 bits per heavy atom. The summed E-state index contributed by atoms with van der Waals surface area (Å²) in [7, 11) is -0.963. The van der Waals surface area contributed by atoms with Crippen molar-refractivity contribution in [3.8, 4) is 5.75 Å². The number of nitrogens with one attached hydrogen (secondary N) is 1. The molecule has 1 aromatic carbocycles. The molecule has 0 bridgehead atoms. The van der Waals surface area contributed by atoms with Crippen LogP contribution in [0.25, 0.3) is 0 Å². The predicted molar refractivity (Wildman–Crippen MR) is 97.5 cm³/mol. The highest BCUT2D eigenvalue weighted by Crippen LogP contribution is 2.23. The number of likely N-dealkylation sites (N-methyl/N-ethyl adjacent to an activating group) is 1. The first kappa shape index (κ1) is 19.5. The first-order valence-electron chi connectivity index (χ1n) is 7.68. The van der Waals surface area contributed by atoms with E-state index in [0.29, 0.717) is 17.0 Å². The minimum atomic E-state index is -3.81. The van der Waals surface area contributed by atoms with Crippen molar-refractivity contribution in [3.05, 3.63) is 53.9 Å². The molecule has 0 fully saturated rings. The topological polar surface area (TPSA) is 101 Å². The van der Waals surface area contributed by atoms with E-state index in [0.717, 1.165) is 4.31 Å². The van der Waals surface area contributed by atoms with Crippen molar-refractivity contribution in [3.63, 3.8) is 0 Å². The van der Waals surface area contributed by atoms with Gasteiger partial charge in [-0.25, -0.2) is 13.8 Å². The van der Waals surface area contributed by atoms with Gasteiger partial charge < -0.3 is 4.74 Å². The van der Waals surface area contributed by atoms with Crippen molar-refractivity contribution < 1.29 is 17.9 Å². The molecule has 8 nitrogen and oxygen atoms in total. The van der Waals surface area contributed by atoms with E-state index in [4.69, 9.17) is 4.74 Å². The second-order valence-electron chi connectivity index (χ2n) is 5.44. The van der Waals surface area contributed by atoms with Gasteiger partial charge in [0.15, 0.2) is 0 Å². The summed E-state index contributed by atoms with van der Waals surface area (Å²) in [6.07, 6.45) is 2.97. The van der Waals surface area contributed by atoms with Crippen molar-refractivity contribution in [1.29, 1.82) is 0 Å². The van der Waals surface area contributed by atoms with Gasteiger partial charge in [0.2, 0.25) is 10.0 Å². The number of carbonyl (C=O) groups is 1. The molecule has 2 aromatic rings. The van der Waals surface area contributed by atoms with Crippen molar-refractivity contribution in [2.45, 2.75) is 11.8 Å². The lowest BCUT2D eigenvalue weighted by Gasteiger charge is -2.17. The molecule has 1 amide bonds. The van der Waals surface area contributed by atoms with Crippen LogP contribution in [-0.4, -0.2) is 50.5 Å². The number of ether oxygens (including phenoxy) is 1. The van der Waals surface area contributed by atoms with Gasteiger partial charge in [0, 0.05) is 13.2 Å². The van der Waals surface area contributed by atoms with Gasteiger partial charge in [-0.2, -0.15) is 9.41 Å². The molecule has 0 atom stereocenters. The van der Waals surface area contributed by atoms with Crippen LogP contribution < -0.4 is 10.2 Å². The van der Waals surface area contributed by atoms with Crippen molar-refractivity contribution in [2.75, 3.05) is 20.7 Å². The van der Waals surface area contributed by atoms with Crippen molar-refractivity contribution in [1.82, 2.24) is 14.7 Å². The minimum absolute atomic E-state index is 0.0862. The highest BCUT2D eigenvalue weighted by atomic mass is 32.2. The Morgan fingerprint density at radius 2 is 2.12 bits per heavy atom. The van der Waals surface area contributed by atoms with Crippen LogP contribution in [0.5, 0.6) is 5.75 Å². The maximum absolute atomic E-state index is 12.6. The second-order valence-corrected chi connectivity index (χ2v) is 7.49. The molecular weight excluding hydrogens is 356 g/mol. The number of amides is 1. The SMILES string of the molecule is COc1ccc(S(=O)(=O)N(C)CC(=O)N/N=C\c2ccccn2)cc1C. The number of methoxy groups -OCH3 is 1. The van der Waals surface area contributed by atoms with Gasteiger partial charge in [0.05, 0.1) is 30.5 Å². The third-order valence-corrected chi connectivity index (χ3v) is 5.31. The van der Waals surface area contributed by atoms with E-state index in [-0.39, 0.29) is 11.4 Å². The fourth-order valence-corrected chi connectivity index (χ4v) is 3.35. The highest BCUT2D eigenvalue weighted by Gasteiger charge is 2.23. The zero-order valence-electron chi connectivity index (χ0n) is 14.7. The quantitative estimate of drug-likeness (QED) is 0.577. The molecule has 0 radical (unpaired) electrons. The number of hydrazone groups is 1. The van der Waals surface area contributed by atoms with Gasteiger partial charge in [-0.3, -0.25) is 9.78 Å². The number of hydrogen-bond donors (Lipinski definition) is 1. The standard InChI is InChI=1S/C17H20N4O4S/c1-13-10-15(7-8-16(13)25-3)26(23,24)21(2)12-17(22)20-19-11-14-6-4-5-9-18-14/h4-11H,12H2,1-3H3,(H,20,22)/b19-11-. The molecule has 1 heterocycles. The lowest BCUT2D eigenvalue weighted by Crippen LogP contribution is -2.36. The fraction of sp³-hybridized carbons (Fsp3) is 0.235. The molecule has 26 heavy (non-hydrogen) atoms. The maximum atomic E-state index is 12.6. The molecule has 0 saturated carbocycles. The number of nitrogens with zero attached hydrogens (tertiary/aromatic N) is 3. The third-order valence-electron chi connectivity index (χ3n) is 3.51. The zero-order valence-corrected chi connectivity index (χ0v) is 15.5. The minimum Gasteiger partial charge on any atom is -0.496 e. The average Bonchev–Trinajstić information content (AvgIpc) is 2.62. The molecule has 1 N–H and O–H groups in total. The fourth-order valence-electron chi connectivity index (χ4n) is 2.14. The van der Waals surface area contributed by atoms with E-state index < -0.39 is 15.9 Å². The number of aromatic nitrogens is 1. The second kappa shape index (κ2) is 8.54. The summed E-state index contributed by atoms with van der Waals surface area (Å²) in [4.78, 5) is 16.0. The smallest absolute Gasteiger partial charge is 0.255 e. The Labute approximate surface area is 152 Å². The Hall–Kier alpha value is -2.78. The molecule has 0 saturated heterocycles. The number of aryl methyl sites for hydroxylation is 1. The summed E-state index contributed by atoms with van der Waals surface area (Å²) in [5.41, 5.74) is 3.54. The monoisotopic (exact) mass is 376 g/mol. The van der Waals surface area contributed by atoms with E-state index in [9.17, 15) is 13.2 Å². The summed E-state index contributed by atoms with van der Waals surface area (Å²) < 4.78 is 31.2. The number of carbonyl (C=O) groups excluding carboxylic acids is 1. The Morgan fingerprint density at radius 3 is 2.73 bits per heavy atom. The number of hydrogen-bond acceptors (Lipinski definition) is 6. The zero-order chi connectivity index (χ0) is 19.2. The summed E-state index contributed by atoms with van der Waals surface area (Å²) >= 11 is 0. The molecule has 0 spiro atoms. The maximum Gasteiger partial charge on any atom is 0.255 e. The van der Waals surface area contributed by atoms with Crippen LogP contribution in [0.1, 0.15) is 11.3 Å². The van der Waals surface area contributed by atoms with Gasteiger partial charge in [-0.1, -0.05) is 6.07 Å². The van der Waals surface area contributed by atoms with Gasteiger partial charge in [-0.15, -0.1) is 0 Å². The van der Waals surface area contributed by atoms with E-state index in [1.807, 2.05) is 0 Å². The summed E-state index contributed by atoms with van der Waals surface area (Å²) in [6, 6.07) is 9.78. The van der Waals surface area contributed by atoms with E-state index in [1.54, 1.807) is 37.4 Å². The first-order valence-corrected chi connectivity index (χ1v) is 9.12. The van der Waals surface area contributed by atoms with Crippen LogP contribution in [0.4, 0.5) is 0 Å². The third kappa shape index (κ3) is 4.87. The largest absolute Gasteiger partial charge is 0.496 e. The molecule has 0 aliphatic rings. The highest BCUT2D eigenvalue weighted by molar-refractivity contribution is 7.89. The van der Waals surface area contributed by atoms with Crippen LogP contribution in [0.2, 0.25) is 0 Å². The number of sulfonamides is 1. The predicted octanol–water partition coefficient (Wildman–Crippen LogP) is 1.17. The molecule has 0 aliphatic heterocycles. The van der Waals surface area contributed by atoms with Crippen molar-refractivity contribution in [2.24, 2.45) is 5.10 Å². The molecule has 0 unspecified atom stereocenters. The number of rotatable bonds is 7. The van der Waals surface area contributed by atoms with E-state index >= 15 is 0 Å². The van der Waals surface area contributed by atoms with Gasteiger partial charge in [0.1, 0.15) is 5.75 Å². The lowest BCUT2D eigenvalue weighted by molar-refractivity contribution is -0.121. The Bertz CT molecular complexity index is 898. The van der Waals surface area contributed by atoms with Crippen LogP contribution >= 0.6 is 0 Å². The molecule has 9 heteroatoms. The summed E-state index contributed by atoms with van der Waals surface area (Å²) in [5.74, 6) is 0.0293. The normalized spacial score (nSPS) is 11.7. The van der Waals surface area contributed by atoms with Crippen LogP contribution in [-0.2, 0) is 14.8 Å². The number of pyridine rings is 1. The molecule has 138 valence electrons. The molecule has 0 aliphatic carbocycles. The average molecular weight is 376 g/mol. The van der Waals surface area contributed by atoms with E-state index in [2.05, 4.69) is 15.5 Å². The van der Waals surface area contributed by atoms with Crippen LogP contribution in [0.3, 0.4) is 0 Å². The summed E-state index contributed by atoms with van der Waals surface area (Å²) in [6.45, 7) is 1.38. The summed E-state index contributed by atoms with van der Waals surface area (Å²) in [5, 5.41) is 3.76. The van der Waals surface area contributed by atoms with Crippen molar-refractivity contribution >= 4 is 22.1 Å². The molecule has 1 aromatic heterocycles.